The molecule has 0 bridgehead atoms. The lowest BCUT2D eigenvalue weighted by molar-refractivity contribution is 0.307. The summed E-state index contributed by atoms with van der Waals surface area (Å²) in [7, 11) is -4.67. The largest absolute Gasteiger partial charge is 0.394 e. The Morgan fingerprint density at radius 2 is 1.57 bits per heavy atom. The molecule has 0 heterocycles. The van der Waals surface area contributed by atoms with Gasteiger partial charge in [0.15, 0.2) is 0 Å². The van der Waals surface area contributed by atoms with Gasteiger partial charge in [0.05, 0.1) is 0 Å². The molecule has 0 spiro atoms. The van der Waals surface area contributed by atoms with Gasteiger partial charge in [-0.3, -0.25) is 9.11 Å². The van der Waals surface area contributed by atoms with Crippen molar-refractivity contribution in [1.82, 2.24) is 0 Å². The quantitative estimate of drug-likeness (QED) is 0.424. The summed E-state index contributed by atoms with van der Waals surface area (Å²) in [5, 5.41) is 0. The lowest BCUT2D eigenvalue weighted by Gasteiger charge is -2.29. The van der Waals surface area contributed by atoms with Crippen molar-refractivity contribution >= 4 is 10.4 Å². The molecule has 1 aliphatic carbocycles. The Bertz CT molecular complexity index is 246. The van der Waals surface area contributed by atoms with Gasteiger partial charge in [-0.1, -0.05) is 6.92 Å². The van der Waals surface area contributed by atoms with Crippen molar-refractivity contribution in [3.05, 3.63) is 0 Å². The van der Waals surface area contributed by atoms with Crippen molar-refractivity contribution in [2.24, 2.45) is 17.4 Å². The standard InChI is InChI=1S/C7H16N2.H2O4S/c1-5-2-3-6(8)7(9)4-5;1-5(2,3)4/h5-7H,2-4,8-9H2,1H3;(H2,1,2,3,4). The van der Waals surface area contributed by atoms with Crippen LogP contribution in [-0.4, -0.2) is 29.6 Å². The zero-order chi connectivity index (χ0) is 11.4. The highest BCUT2D eigenvalue weighted by Gasteiger charge is 2.21. The molecular weight excluding hydrogens is 208 g/mol. The third-order valence-corrected chi connectivity index (χ3v) is 2.22. The van der Waals surface area contributed by atoms with Crippen molar-refractivity contribution in [1.29, 1.82) is 0 Å². The van der Waals surface area contributed by atoms with Crippen molar-refractivity contribution in [3.8, 4) is 0 Å². The predicted molar refractivity (Wildman–Crippen MR) is 53.1 cm³/mol. The molecule has 0 saturated heterocycles. The summed E-state index contributed by atoms with van der Waals surface area (Å²) < 4.78 is 31.6. The van der Waals surface area contributed by atoms with Crippen LogP contribution in [0.15, 0.2) is 0 Å². The maximum atomic E-state index is 8.74. The van der Waals surface area contributed by atoms with Crippen LogP contribution in [0.3, 0.4) is 0 Å². The fraction of sp³-hybridized carbons (Fsp3) is 1.00. The molecule has 1 rings (SSSR count). The van der Waals surface area contributed by atoms with Gasteiger partial charge in [0.1, 0.15) is 0 Å². The fourth-order valence-electron chi connectivity index (χ4n) is 1.45. The van der Waals surface area contributed by atoms with Crippen LogP contribution in [0.5, 0.6) is 0 Å². The van der Waals surface area contributed by atoms with E-state index in [9.17, 15) is 0 Å². The lowest BCUT2D eigenvalue weighted by atomic mass is 9.84. The first-order valence-corrected chi connectivity index (χ1v) is 5.81. The summed E-state index contributed by atoms with van der Waals surface area (Å²) in [6.45, 7) is 2.24. The van der Waals surface area contributed by atoms with E-state index in [1.54, 1.807) is 0 Å². The van der Waals surface area contributed by atoms with E-state index in [1.807, 2.05) is 0 Å². The van der Waals surface area contributed by atoms with Crippen LogP contribution in [0.25, 0.3) is 0 Å². The Labute approximate surface area is 84.2 Å². The molecule has 3 unspecified atom stereocenters. The zero-order valence-corrected chi connectivity index (χ0v) is 8.94. The molecule has 14 heavy (non-hydrogen) atoms. The van der Waals surface area contributed by atoms with Crippen LogP contribution in [0.1, 0.15) is 26.2 Å². The smallest absolute Gasteiger partial charge is 0.326 e. The monoisotopic (exact) mass is 226 g/mol. The highest BCUT2D eigenvalue weighted by atomic mass is 32.3. The molecule has 3 atom stereocenters. The summed E-state index contributed by atoms with van der Waals surface area (Å²) in [6, 6.07) is 0.523. The van der Waals surface area contributed by atoms with E-state index in [-0.39, 0.29) is 12.1 Å². The second-order valence-corrected chi connectivity index (χ2v) is 4.59. The van der Waals surface area contributed by atoms with E-state index in [0.717, 1.165) is 18.8 Å². The molecule has 0 radical (unpaired) electrons. The Balaban J connectivity index is 0.000000292. The summed E-state index contributed by atoms with van der Waals surface area (Å²) in [4.78, 5) is 0. The van der Waals surface area contributed by atoms with E-state index in [2.05, 4.69) is 6.92 Å². The molecule has 0 aromatic heterocycles. The van der Waals surface area contributed by atoms with Crippen LogP contribution in [-0.2, 0) is 10.4 Å². The van der Waals surface area contributed by atoms with Crippen LogP contribution >= 0.6 is 0 Å². The number of nitrogens with two attached hydrogens (primary N) is 2. The van der Waals surface area contributed by atoms with Crippen molar-refractivity contribution in [2.75, 3.05) is 0 Å². The number of hydrogen-bond donors (Lipinski definition) is 4. The molecule has 0 amide bonds. The topological polar surface area (TPSA) is 127 Å². The van der Waals surface area contributed by atoms with Crippen molar-refractivity contribution in [3.63, 3.8) is 0 Å². The number of hydrogen-bond acceptors (Lipinski definition) is 4. The van der Waals surface area contributed by atoms with E-state index >= 15 is 0 Å². The van der Waals surface area contributed by atoms with Gasteiger partial charge in [-0.25, -0.2) is 0 Å². The summed E-state index contributed by atoms with van der Waals surface area (Å²) >= 11 is 0. The minimum absolute atomic E-state index is 0.258. The van der Waals surface area contributed by atoms with E-state index < -0.39 is 10.4 Å². The van der Waals surface area contributed by atoms with Gasteiger partial charge in [0.2, 0.25) is 0 Å². The summed E-state index contributed by atoms with van der Waals surface area (Å²) in [6.07, 6.45) is 3.48. The normalized spacial score (nSPS) is 33.1. The molecule has 0 aromatic rings. The second kappa shape index (κ2) is 5.62. The third kappa shape index (κ3) is 8.39. The first-order chi connectivity index (χ1) is 6.20. The van der Waals surface area contributed by atoms with Gasteiger partial charge in [-0.2, -0.15) is 8.42 Å². The molecule has 6 N–H and O–H groups in total. The van der Waals surface area contributed by atoms with Crippen LogP contribution in [0, 0.1) is 5.92 Å². The van der Waals surface area contributed by atoms with Gasteiger partial charge in [0.25, 0.3) is 0 Å². The minimum Gasteiger partial charge on any atom is -0.326 e. The summed E-state index contributed by atoms with van der Waals surface area (Å²) in [5.74, 6) is 0.791. The Morgan fingerprint density at radius 3 is 1.86 bits per heavy atom. The van der Waals surface area contributed by atoms with E-state index in [1.165, 1.54) is 6.42 Å². The molecule has 1 aliphatic rings. The Kier molecular flexibility index (Phi) is 5.53. The second-order valence-electron chi connectivity index (χ2n) is 3.69. The molecule has 6 nitrogen and oxygen atoms in total. The average Bonchev–Trinajstić information content (AvgIpc) is 1.94. The van der Waals surface area contributed by atoms with Crippen LogP contribution in [0.2, 0.25) is 0 Å². The minimum atomic E-state index is -4.67. The fourth-order valence-corrected chi connectivity index (χ4v) is 1.45. The maximum absolute atomic E-state index is 8.74. The first-order valence-electron chi connectivity index (χ1n) is 4.41. The lowest BCUT2D eigenvalue weighted by Crippen LogP contribution is -2.45. The Morgan fingerprint density at radius 1 is 1.14 bits per heavy atom. The highest BCUT2D eigenvalue weighted by Crippen LogP contribution is 2.21. The molecule has 1 saturated carbocycles. The van der Waals surface area contributed by atoms with E-state index in [0.29, 0.717) is 0 Å². The van der Waals surface area contributed by atoms with Crippen LogP contribution in [0.4, 0.5) is 0 Å². The van der Waals surface area contributed by atoms with Gasteiger partial charge in [-0.15, -0.1) is 0 Å². The molecule has 7 heteroatoms. The molecule has 86 valence electrons. The molecule has 0 aromatic carbocycles. The molecular formula is C7H18N2O4S. The predicted octanol–water partition coefficient (Wildman–Crippen LogP) is -0.192. The van der Waals surface area contributed by atoms with Gasteiger partial charge < -0.3 is 11.5 Å². The first kappa shape index (κ1) is 13.8. The molecule has 1 fully saturated rings. The Hall–Kier alpha value is -0.210. The van der Waals surface area contributed by atoms with Gasteiger partial charge in [-0.05, 0) is 25.2 Å². The molecule has 0 aliphatic heterocycles. The average molecular weight is 226 g/mol. The summed E-state index contributed by atoms with van der Waals surface area (Å²) in [5.41, 5.74) is 11.5. The zero-order valence-electron chi connectivity index (χ0n) is 8.13. The highest BCUT2D eigenvalue weighted by molar-refractivity contribution is 7.79. The van der Waals surface area contributed by atoms with E-state index in [4.69, 9.17) is 29.0 Å². The van der Waals surface area contributed by atoms with Crippen LogP contribution < -0.4 is 11.5 Å². The SMILES string of the molecule is CC1CCC(N)C(N)C1.O=S(=O)(O)O. The van der Waals surface area contributed by atoms with Gasteiger partial charge in [0, 0.05) is 12.1 Å². The number of rotatable bonds is 0. The van der Waals surface area contributed by atoms with Gasteiger partial charge >= 0.3 is 10.4 Å². The maximum Gasteiger partial charge on any atom is 0.394 e. The third-order valence-electron chi connectivity index (χ3n) is 2.22. The van der Waals surface area contributed by atoms with Crippen molar-refractivity contribution < 1.29 is 17.5 Å². The van der Waals surface area contributed by atoms with Crippen molar-refractivity contribution in [2.45, 2.75) is 38.3 Å².